The third-order valence-corrected chi connectivity index (χ3v) is 17.2. The molecule has 11 rings (SSSR count). The first-order valence-corrected chi connectivity index (χ1v) is 26.1. The molecule has 4 nitrogen and oxygen atoms in total. The minimum atomic E-state index is -0.161. The van der Waals surface area contributed by atoms with Crippen LogP contribution in [0, 0.1) is 11.3 Å². The van der Waals surface area contributed by atoms with Gasteiger partial charge in [0.2, 0.25) is 0 Å². The Bertz CT molecular complexity index is 3330. The highest BCUT2D eigenvalue weighted by atomic mass is 15.3. The minimum absolute atomic E-state index is 0.00890. The first-order valence-electron chi connectivity index (χ1n) is 26.1. The molecule has 358 valence electrons. The fourth-order valence-corrected chi connectivity index (χ4v) is 12.8. The van der Waals surface area contributed by atoms with Gasteiger partial charge < -0.3 is 14.7 Å². The highest BCUT2D eigenvalue weighted by Gasteiger charge is 2.59. The molecule has 0 N–H and O–H groups in total. The second kappa shape index (κ2) is 15.7. The Morgan fingerprint density at radius 3 is 1.65 bits per heavy atom. The summed E-state index contributed by atoms with van der Waals surface area (Å²) in [7, 11) is 0. The van der Waals surface area contributed by atoms with Crippen molar-refractivity contribution in [2.24, 2.45) is 0 Å². The van der Waals surface area contributed by atoms with E-state index in [-0.39, 0.29) is 39.3 Å². The van der Waals surface area contributed by atoms with Crippen molar-refractivity contribution in [3.63, 3.8) is 0 Å². The standard InChI is InChI=1S/C66H71BN4/c1-61(2,3)44-22-26-48(27-23-44)69-57-40-49(71-55-31-21-42(41-68)35-51(55)65(13)33-18-34-66(65,71)14)28-30-53(57)67-52-29-24-46(63(7,8)9)37-56(52)70(59-39-47(64(10,11)12)38-58(69)60(59)67)54-32-25-45(62(4,5)6)36-50(54)43-19-16-15-17-20-43/h15-17,19-32,35-40H,18,33-34H2,1-14H3. The molecule has 0 spiro atoms. The van der Waals surface area contributed by atoms with Gasteiger partial charge in [-0.3, -0.25) is 0 Å². The molecule has 3 heterocycles. The van der Waals surface area contributed by atoms with Crippen molar-refractivity contribution in [3.8, 4) is 17.2 Å². The van der Waals surface area contributed by atoms with Crippen molar-refractivity contribution in [1.82, 2.24) is 0 Å². The third kappa shape index (κ3) is 7.21. The summed E-state index contributed by atoms with van der Waals surface area (Å²) in [5.74, 6) is 0. The number of hydrogen-bond donors (Lipinski definition) is 0. The average molecular weight is 931 g/mol. The maximum absolute atomic E-state index is 10.1. The Morgan fingerprint density at radius 1 is 0.479 bits per heavy atom. The molecule has 1 fully saturated rings. The van der Waals surface area contributed by atoms with Crippen LogP contribution in [0.25, 0.3) is 11.1 Å². The Hall–Kier alpha value is -6.51. The quantitative estimate of drug-likeness (QED) is 0.165. The number of benzene rings is 7. The minimum Gasteiger partial charge on any atom is -0.334 e. The van der Waals surface area contributed by atoms with Crippen molar-refractivity contribution >= 4 is 68.6 Å². The van der Waals surface area contributed by atoms with Gasteiger partial charge in [-0.05, 0) is 164 Å². The van der Waals surface area contributed by atoms with E-state index in [0.717, 1.165) is 30.5 Å². The van der Waals surface area contributed by atoms with Crippen LogP contribution in [0.5, 0.6) is 0 Å². The summed E-state index contributed by atoms with van der Waals surface area (Å²) in [5.41, 5.74) is 22.9. The number of anilines is 8. The SMILES string of the molecule is CC(C)(C)c1ccc(N2c3cc(N4c5ccc(C#N)cc5C5(C)CCCC45C)ccc3B3c4ccc(C(C)(C)C)cc4N(c4ccc(C(C)(C)C)cc4-c4ccccc4)c4cc(C(C)(C)C)cc2c43)cc1. The Kier molecular flexibility index (Phi) is 10.4. The highest BCUT2D eigenvalue weighted by molar-refractivity contribution is 7.00. The van der Waals surface area contributed by atoms with E-state index >= 15 is 0 Å². The molecule has 0 saturated heterocycles. The molecule has 3 aliphatic heterocycles. The maximum Gasteiger partial charge on any atom is 0.252 e. The van der Waals surface area contributed by atoms with E-state index in [1.54, 1.807) is 0 Å². The van der Waals surface area contributed by atoms with Crippen LogP contribution in [0.4, 0.5) is 45.5 Å². The summed E-state index contributed by atoms with van der Waals surface area (Å²) < 4.78 is 0. The largest absolute Gasteiger partial charge is 0.334 e. The lowest BCUT2D eigenvalue weighted by atomic mass is 9.33. The van der Waals surface area contributed by atoms with Gasteiger partial charge in [0.25, 0.3) is 6.71 Å². The van der Waals surface area contributed by atoms with Crippen LogP contribution >= 0.6 is 0 Å². The molecule has 0 radical (unpaired) electrons. The van der Waals surface area contributed by atoms with Crippen molar-refractivity contribution in [1.29, 1.82) is 5.26 Å². The second-order valence-corrected chi connectivity index (χ2v) is 25.8. The lowest BCUT2D eigenvalue weighted by Crippen LogP contribution is -2.61. The molecule has 1 aliphatic carbocycles. The zero-order valence-corrected chi connectivity index (χ0v) is 44.8. The molecular weight excluding hydrogens is 860 g/mol. The molecule has 0 bridgehead atoms. The van der Waals surface area contributed by atoms with Crippen LogP contribution < -0.4 is 31.1 Å². The molecule has 5 heteroatoms. The summed E-state index contributed by atoms with van der Waals surface area (Å²) in [5, 5.41) is 10.1. The van der Waals surface area contributed by atoms with E-state index in [2.05, 4.69) is 251 Å². The predicted octanol–water partition coefficient (Wildman–Crippen LogP) is 15.8. The number of rotatable bonds is 4. The van der Waals surface area contributed by atoms with E-state index in [9.17, 15) is 5.26 Å². The van der Waals surface area contributed by atoms with Gasteiger partial charge in [0.15, 0.2) is 0 Å². The zero-order valence-electron chi connectivity index (χ0n) is 44.8. The van der Waals surface area contributed by atoms with Crippen LogP contribution in [0.2, 0.25) is 0 Å². The molecule has 1 saturated carbocycles. The van der Waals surface area contributed by atoms with Gasteiger partial charge >= 0.3 is 0 Å². The van der Waals surface area contributed by atoms with Gasteiger partial charge in [-0.25, -0.2) is 0 Å². The van der Waals surface area contributed by atoms with Crippen LogP contribution in [-0.4, -0.2) is 12.3 Å². The van der Waals surface area contributed by atoms with Gasteiger partial charge in [0.05, 0.1) is 22.9 Å². The number of fused-ring (bicyclic) bond motifs is 7. The zero-order chi connectivity index (χ0) is 50.4. The monoisotopic (exact) mass is 931 g/mol. The maximum atomic E-state index is 10.1. The first-order chi connectivity index (χ1) is 33.4. The van der Waals surface area contributed by atoms with E-state index < -0.39 is 0 Å². The van der Waals surface area contributed by atoms with E-state index in [1.165, 1.54) is 95.1 Å². The summed E-state index contributed by atoms with van der Waals surface area (Å²) in [6.45, 7) is 32.9. The summed E-state index contributed by atoms with van der Waals surface area (Å²) >= 11 is 0. The van der Waals surface area contributed by atoms with E-state index in [4.69, 9.17) is 0 Å². The Labute approximate surface area is 425 Å². The molecule has 7 aromatic carbocycles. The van der Waals surface area contributed by atoms with Crippen LogP contribution in [0.3, 0.4) is 0 Å². The molecule has 4 aliphatic rings. The summed E-state index contributed by atoms with van der Waals surface area (Å²) in [6.07, 6.45) is 3.33. The predicted molar refractivity (Wildman–Crippen MR) is 304 cm³/mol. The lowest BCUT2D eigenvalue weighted by Gasteiger charge is -2.47. The number of nitriles is 1. The molecule has 71 heavy (non-hydrogen) atoms. The number of nitrogens with zero attached hydrogens (tertiary/aromatic N) is 4. The second-order valence-electron chi connectivity index (χ2n) is 25.8. The Balaban J connectivity index is 1.24. The topological polar surface area (TPSA) is 33.5 Å². The molecule has 0 aromatic heterocycles. The van der Waals surface area contributed by atoms with Crippen molar-refractivity contribution < 1.29 is 0 Å². The molecular formula is C66H71BN4. The van der Waals surface area contributed by atoms with Crippen LogP contribution in [0.15, 0.2) is 140 Å². The Morgan fingerprint density at radius 2 is 1.01 bits per heavy atom. The smallest absolute Gasteiger partial charge is 0.252 e. The number of hydrogen-bond acceptors (Lipinski definition) is 4. The van der Waals surface area contributed by atoms with Gasteiger partial charge in [-0.15, -0.1) is 0 Å². The van der Waals surface area contributed by atoms with Gasteiger partial charge in [0.1, 0.15) is 0 Å². The molecule has 7 aromatic rings. The molecule has 2 atom stereocenters. The van der Waals surface area contributed by atoms with Gasteiger partial charge in [-0.1, -0.05) is 163 Å². The summed E-state index contributed by atoms with van der Waals surface area (Å²) in [6, 6.07) is 56.4. The average Bonchev–Trinajstić information content (AvgIpc) is 3.73. The van der Waals surface area contributed by atoms with E-state index in [1.807, 2.05) is 6.07 Å². The van der Waals surface area contributed by atoms with Crippen molar-refractivity contribution in [3.05, 3.63) is 173 Å². The fourth-order valence-electron chi connectivity index (χ4n) is 12.8. The highest BCUT2D eigenvalue weighted by Crippen LogP contribution is 2.63. The van der Waals surface area contributed by atoms with Crippen LogP contribution in [0.1, 0.15) is 150 Å². The lowest BCUT2D eigenvalue weighted by molar-refractivity contribution is 0.330. The van der Waals surface area contributed by atoms with Crippen molar-refractivity contribution in [2.75, 3.05) is 14.7 Å². The normalized spacial score (nSPS) is 19.2. The van der Waals surface area contributed by atoms with Crippen LogP contribution in [-0.2, 0) is 27.1 Å². The summed E-state index contributed by atoms with van der Waals surface area (Å²) in [4.78, 5) is 7.90. The first kappa shape index (κ1) is 46.9. The third-order valence-electron chi connectivity index (χ3n) is 17.2. The fraction of sp³-hybridized carbons (Fsp3) is 0.348. The van der Waals surface area contributed by atoms with Gasteiger partial charge in [-0.2, -0.15) is 5.26 Å². The van der Waals surface area contributed by atoms with Gasteiger partial charge in [0, 0.05) is 50.8 Å². The molecule has 2 unspecified atom stereocenters. The molecule has 0 amide bonds. The van der Waals surface area contributed by atoms with E-state index in [0.29, 0.717) is 0 Å². The van der Waals surface area contributed by atoms with Crippen molar-refractivity contribution in [2.45, 2.75) is 149 Å².